The molecule has 36 heavy (non-hydrogen) atoms. The van der Waals surface area contributed by atoms with Crippen LogP contribution in [0.3, 0.4) is 0 Å². The zero-order chi connectivity index (χ0) is 24.8. The first-order valence-corrected chi connectivity index (χ1v) is 12.2. The van der Waals surface area contributed by atoms with Crippen LogP contribution < -0.4 is 10.2 Å². The maximum absolute atomic E-state index is 13.8. The third-order valence-corrected chi connectivity index (χ3v) is 7.25. The van der Waals surface area contributed by atoms with Crippen LogP contribution in [-0.2, 0) is 14.3 Å². The van der Waals surface area contributed by atoms with E-state index < -0.39 is 12.0 Å². The Labute approximate surface area is 208 Å². The molecule has 2 atom stereocenters. The van der Waals surface area contributed by atoms with Gasteiger partial charge in [-0.25, -0.2) is 4.79 Å². The van der Waals surface area contributed by atoms with E-state index in [0.717, 1.165) is 41.2 Å². The second-order valence-corrected chi connectivity index (χ2v) is 9.58. The maximum atomic E-state index is 13.8. The predicted molar refractivity (Wildman–Crippen MR) is 134 cm³/mol. The smallest absolute Gasteiger partial charge is 0.337 e. The Morgan fingerprint density at radius 1 is 1.00 bits per heavy atom. The van der Waals surface area contributed by atoms with Crippen LogP contribution in [0.25, 0.3) is 0 Å². The van der Waals surface area contributed by atoms with Crippen molar-refractivity contribution in [2.75, 3.05) is 17.3 Å². The lowest BCUT2D eigenvalue weighted by Gasteiger charge is -2.35. The highest BCUT2D eigenvalue weighted by atomic mass is 16.5. The van der Waals surface area contributed by atoms with Crippen LogP contribution >= 0.6 is 0 Å². The summed E-state index contributed by atoms with van der Waals surface area (Å²) in [5.41, 5.74) is 4.11. The van der Waals surface area contributed by atoms with Crippen LogP contribution in [0, 0.1) is 5.92 Å². The summed E-state index contributed by atoms with van der Waals surface area (Å²) in [5.74, 6) is 0.203. The van der Waals surface area contributed by atoms with Crippen molar-refractivity contribution in [2.24, 2.45) is 5.92 Å². The van der Waals surface area contributed by atoms with Gasteiger partial charge >= 0.3 is 5.97 Å². The van der Waals surface area contributed by atoms with Gasteiger partial charge < -0.3 is 14.5 Å². The molecule has 2 aliphatic carbocycles. The minimum atomic E-state index is -0.610. The number of fused-ring (bicyclic) bond motifs is 1. The van der Waals surface area contributed by atoms with Crippen LogP contribution in [0.5, 0.6) is 0 Å². The van der Waals surface area contributed by atoms with Crippen LogP contribution in [0.4, 0.5) is 11.4 Å². The first kappa shape index (κ1) is 22.3. The Morgan fingerprint density at radius 3 is 2.47 bits per heavy atom. The number of Topliss-reactive ketones (excluding diaryl/α,β-unsaturated/α-hetero) is 1. The molecular formula is C29H26N2O5. The van der Waals surface area contributed by atoms with E-state index in [9.17, 15) is 14.4 Å². The minimum absolute atomic E-state index is 0.0148. The Balaban J connectivity index is 1.53. The lowest BCUT2D eigenvalue weighted by molar-refractivity contribution is -0.120. The molecular weight excluding hydrogens is 456 g/mol. The molecule has 6 rings (SSSR count). The Kier molecular flexibility index (Phi) is 5.48. The monoisotopic (exact) mass is 482 g/mol. The fourth-order valence-corrected chi connectivity index (χ4v) is 5.32. The van der Waals surface area contributed by atoms with Gasteiger partial charge in [0.05, 0.1) is 36.4 Å². The Hall–Kier alpha value is -4.13. The number of amides is 1. The van der Waals surface area contributed by atoms with E-state index >= 15 is 0 Å². The second kappa shape index (κ2) is 8.82. The van der Waals surface area contributed by atoms with Crippen molar-refractivity contribution in [3.8, 4) is 0 Å². The number of furan rings is 1. The molecule has 1 fully saturated rings. The van der Waals surface area contributed by atoms with Crippen molar-refractivity contribution in [2.45, 2.75) is 37.6 Å². The number of nitrogens with one attached hydrogen (secondary N) is 1. The molecule has 2 heterocycles. The zero-order valence-corrected chi connectivity index (χ0v) is 19.9. The van der Waals surface area contributed by atoms with Crippen LogP contribution in [0.15, 0.2) is 82.6 Å². The van der Waals surface area contributed by atoms with E-state index in [1.54, 1.807) is 23.3 Å². The Bertz CT molecular complexity index is 1370. The third-order valence-electron chi connectivity index (χ3n) is 7.25. The molecule has 3 aliphatic rings. The molecule has 1 saturated carbocycles. The van der Waals surface area contributed by atoms with Crippen molar-refractivity contribution < 1.29 is 23.5 Å². The Morgan fingerprint density at radius 2 is 1.78 bits per heavy atom. The van der Waals surface area contributed by atoms with Gasteiger partial charge in [0, 0.05) is 29.5 Å². The van der Waals surface area contributed by atoms with Gasteiger partial charge in [0.2, 0.25) is 5.91 Å². The van der Waals surface area contributed by atoms with E-state index in [0.29, 0.717) is 24.0 Å². The summed E-state index contributed by atoms with van der Waals surface area (Å²) < 4.78 is 10.5. The summed E-state index contributed by atoms with van der Waals surface area (Å²) in [6.45, 7) is 0. The minimum Gasteiger partial charge on any atom is -0.469 e. The number of esters is 1. The molecule has 1 amide bonds. The number of ketones is 1. The van der Waals surface area contributed by atoms with Gasteiger partial charge in [0.25, 0.3) is 0 Å². The van der Waals surface area contributed by atoms with Gasteiger partial charge in [-0.3, -0.25) is 14.5 Å². The normalized spacial score (nSPS) is 21.2. The fraction of sp³-hybridized carbons (Fsp3) is 0.276. The maximum Gasteiger partial charge on any atom is 0.337 e. The van der Waals surface area contributed by atoms with Crippen molar-refractivity contribution in [3.63, 3.8) is 0 Å². The van der Waals surface area contributed by atoms with Gasteiger partial charge in [0.1, 0.15) is 5.76 Å². The fourth-order valence-electron chi connectivity index (χ4n) is 5.32. The average Bonchev–Trinajstić information content (AvgIpc) is 3.64. The molecule has 182 valence electrons. The summed E-state index contributed by atoms with van der Waals surface area (Å²) in [6.07, 6.45) is 4.21. The number of anilines is 2. The van der Waals surface area contributed by atoms with Crippen molar-refractivity contribution in [1.82, 2.24) is 0 Å². The second-order valence-electron chi connectivity index (χ2n) is 9.58. The summed E-state index contributed by atoms with van der Waals surface area (Å²) in [7, 11) is 1.34. The summed E-state index contributed by atoms with van der Waals surface area (Å²) in [4.78, 5) is 41.5. The number of hydrogen-bond acceptors (Lipinski definition) is 6. The van der Waals surface area contributed by atoms with Gasteiger partial charge in [-0.05, 0) is 61.2 Å². The van der Waals surface area contributed by atoms with Gasteiger partial charge in [-0.15, -0.1) is 0 Å². The molecule has 2 aromatic carbocycles. The van der Waals surface area contributed by atoms with E-state index in [2.05, 4.69) is 5.32 Å². The highest BCUT2D eigenvalue weighted by Gasteiger charge is 2.45. The highest BCUT2D eigenvalue weighted by molar-refractivity contribution is 6.07. The number of nitrogens with zero attached hydrogens (tertiary/aromatic N) is 1. The molecule has 7 heteroatoms. The number of allylic oxidation sites excluding steroid dienone is 1. The van der Waals surface area contributed by atoms with E-state index in [-0.39, 0.29) is 23.5 Å². The predicted octanol–water partition coefficient (Wildman–Crippen LogP) is 5.38. The number of carbonyl (C=O) groups is 3. The molecule has 1 aliphatic heterocycles. The first-order valence-electron chi connectivity index (χ1n) is 12.2. The van der Waals surface area contributed by atoms with Crippen molar-refractivity contribution in [1.29, 1.82) is 0 Å². The molecule has 0 bridgehead atoms. The number of ether oxygens (including phenoxy) is 1. The molecule has 2 unspecified atom stereocenters. The number of carbonyl (C=O) groups excluding carboxylic acids is 3. The molecule has 0 radical (unpaired) electrons. The summed E-state index contributed by atoms with van der Waals surface area (Å²) in [5, 5.41) is 3.52. The first-order chi connectivity index (χ1) is 17.5. The van der Waals surface area contributed by atoms with Gasteiger partial charge in [0.15, 0.2) is 5.78 Å². The number of methoxy groups -OCH3 is 1. The van der Waals surface area contributed by atoms with E-state index in [4.69, 9.17) is 9.15 Å². The largest absolute Gasteiger partial charge is 0.469 e. The van der Waals surface area contributed by atoms with E-state index in [1.165, 1.54) is 7.11 Å². The number of para-hydroxylation sites is 2. The number of rotatable bonds is 4. The topological polar surface area (TPSA) is 88.8 Å². The van der Waals surface area contributed by atoms with Crippen molar-refractivity contribution >= 4 is 29.0 Å². The average molecular weight is 483 g/mol. The molecule has 1 aromatic heterocycles. The van der Waals surface area contributed by atoms with Gasteiger partial charge in [-0.2, -0.15) is 0 Å². The van der Waals surface area contributed by atoms with Crippen LogP contribution in [0.1, 0.15) is 59.3 Å². The molecule has 0 saturated heterocycles. The van der Waals surface area contributed by atoms with Crippen LogP contribution in [0.2, 0.25) is 0 Å². The van der Waals surface area contributed by atoms with Gasteiger partial charge in [-0.1, -0.05) is 24.3 Å². The standard InChI is InChI=1S/C29H26N2O5/c1-35-29(34)19-12-8-17(9-13-19)27-26-22(15-20(16-24(26)32)25-7-4-14-36-25)30-21-5-2-3-6-23(21)31(27)28(33)18-10-11-18/h2-9,12-14,18,20,27,30H,10-11,15-16H2,1H3. The quantitative estimate of drug-likeness (QED) is 0.503. The third kappa shape index (κ3) is 3.81. The van der Waals surface area contributed by atoms with E-state index in [1.807, 2.05) is 48.5 Å². The molecule has 0 spiro atoms. The lowest BCUT2D eigenvalue weighted by atomic mass is 9.80. The molecule has 7 nitrogen and oxygen atoms in total. The van der Waals surface area contributed by atoms with Crippen LogP contribution in [-0.4, -0.2) is 24.8 Å². The highest BCUT2D eigenvalue weighted by Crippen LogP contribution is 2.49. The molecule has 3 aromatic rings. The number of hydrogen-bond donors (Lipinski definition) is 1. The number of benzene rings is 2. The SMILES string of the molecule is COC(=O)c1ccc(C2C3=C(CC(c4ccco4)CC3=O)Nc3ccccc3N2C(=O)C2CC2)cc1. The molecule has 1 N–H and O–H groups in total. The zero-order valence-electron chi connectivity index (χ0n) is 19.9. The summed E-state index contributed by atoms with van der Waals surface area (Å²) >= 11 is 0. The summed E-state index contributed by atoms with van der Waals surface area (Å²) in [6, 6.07) is 17.8. The van der Waals surface area contributed by atoms with Crippen molar-refractivity contribution in [3.05, 3.63) is 95.1 Å². The lowest BCUT2D eigenvalue weighted by Crippen LogP contribution is -2.39.